The minimum atomic E-state index is -1.22. The molecule has 0 amide bonds. The Balaban J connectivity index is 1.81. The fraction of sp³-hybridized carbons (Fsp3) is 0.731. The van der Waals surface area contributed by atoms with Crippen molar-refractivity contribution in [2.75, 3.05) is 0 Å². The molecule has 0 aromatic carbocycles. The first kappa shape index (κ1) is 27.0. The molecule has 0 aliphatic carbocycles. The van der Waals surface area contributed by atoms with Gasteiger partial charge in [-0.2, -0.15) is 0 Å². The Kier molecular flexibility index (Phi) is 8.71. The largest absolute Gasteiger partial charge is 0.458 e. The lowest BCUT2D eigenvalue weighted by atomic mass is 9.73. The third-order valence-corrected chi connectivity index (χ3v) is 8.20. The van der Waals surface area contributed by atoms with Gasteiger partial charge in [-0.15, -0.1) is 11.3 Å². The number of nitrogens with zero attached hydrogens (tertiary/aromatic N) is 1. The number of Topliss-reactive ketones (excluding diaryl/α,β-unsaturated/α-hetero) is 1. The molecule has 34 heavy (non-hydrogen) atoms. The number of aliphatic hydroxyl groups excluding tert-OH is 2. The summed E-state index contributed by atoms with van der Waals surface area (Å²) < 4.78 is 11.7. The number of aliphatic hydroxyl groups is 2. The average Bonchev–Trinajstić information content (AvgIpc) is 3.38. The van der Waals surface area contributed by atoms with Gasteiger partial charge in [-0.1, -0.05) is 34.1 Å². The number of cyclic esters (lactones) is 1. The molecular formula is C26H39NO6S. The van der Waals surface area contributed by atoms with Crippen molar-refractivity contribution in [1.29, 1.82) is 0 Å². The van der Waals surface area contributed by atoms with Crippen LogP contribution in [0.15, 0.2) is 11.0 Å². The predicted octanol–water partition coefficient (Wildman–Crippen LogP) is 4.09. The second-order valence-corrected chi connectivity index (χ2v) is 11.7. The standard InChI is InChI=1S/C26H39NO6S/c1-14-8-7-9-19-21(32-19)11-20(15(2)10-18-13-34-17(4)27-18)33-23(29)12-22(28)26(5,6)25(31)16(3)24(14)30/h10,13-14,16,19-22,24,28,30H,7-9,11-12H2,1-6H3/b15-10+/t14-,16+,19+,20-,21?,22-,24?/m0/s1. The highest BCUT2D eigenvalue weighted by molar-refractivity contribution is 7.09. The third-order valence-electron chi connectivity index (χ3n) is 7.41. The van der Waals surface area contributed by atoms with Gasteiger partial charge >= 0.3 is 5.97 Å². The van der Waals surface area contributed by atoms with Gasteiger partial charge in [0, 0.05) is 17.7 Å². The van der Waals surface area contributed by atoms with Gasteiger partial charge in [0.05, 0.1) is 47.0 Å². The molecule has 3 rings (SSSR count). The minimum Gasteiger partial charge on any atom is -0.458 e. The van der Waals surface area contributed by atoms with Crippen molar-refractivity contribution < 1.29 is 29.3 Å². The monoisotopic (exact) mass is 493 g/mol. The molecule has 0 saturated carbocycles. The highest BCUT2D eigenvalue weighted by Crippen LogP contribution is 2.36. The van der Waals surface area contributed by atoms with Crippen LogP contribution >= 0.6 is 11.3 Å². The summed E-state index contributed by atoms with van der Waals surface area (Å²) >= 11 is 1.56. The minimum absolute atomic E-state index is 0.00770. The van der Waals surface area contributed by atoms with Gasteiger partial charge in [0.1, 0.15) is 11.9 Å². The molecule has 2 aliphatic heterocycles. The Bertz CT molecular complexity index is 909. The van der Waals surface area contributed by atoms with E-state index in [4.69, 9.17) is 9.47 Å². The van der Waals surface area contributed by atoms with Crippen LogP contribution in [0.2, 0.25) is 0 Å². The SMILES string of the molecule is C/C(=C\c1csc(C)n1)[C@@H]1CC2O[C@@H]2CCC[C@H](C)C(O)[C@@H](C)C(=O)C(C)(C)[C@@H](O)CC(=O)O1. The molecular weight excluding hydrogens is 454 g/mol. The molecule has 2 fully saturated rings. The summed E-state index contributed by atoms with van der Waals surface area (Å²) in [6, 6.07) is 0. The first-order valence-corrected chi connectivity index (χ1v) is 13.1. The van der Waals surface area contributed by atoms with Gasteiger partial charge < -0.3 is 19.7 Å². The summed E-state index contributed by atoms with van der Waals surface area (Å²) in [6.45, 7) is 10.8. The number of ketones is 1. The van der Waals surface area contributed by atoms with E-state index >= 15 is 0 Å². The summed E-state index contributed by atoms with van der Waals surface area (Å²) in [5.74, 6) is -1.52. The van der Waals surface area contributed by atoms with Gasteiger partial charge in [0.15, 0.2) is 0 Å². The lowest BCUT2D eigenvalue weighted by Crippen LogP contribution is -2.45. The van der Waals surface area contributed by atoms with Gasteiger partial charge in [-0.25, -0.2) is 4.98 Å². The molecule has 8 heteroatoms. The molecule has 2 saturated heterocycles. The quantitative estimate of drug-likeness (QED) is 0.472. The van der Waals surface area contributed by atoms with Crippen molar-refractivity contribution in [3.63, 3.8) is 0 Å². The number of fused-ring (bicyclic) bond motifs is 1. The van der Waals surface area contributed by atoms with Gasteiger partial charge in [-0.05, 0) is 44.3 Å². The molecule has 0 spiro atoms. The summed E-state index contributed by atoms with van der Waals surface area (Å²) in [4.78, 5) is 30.5. The van der Waals surface area contributed by atoms with Gasteiger partial charge in [0.2, 0.25) is 0 Å². The number of aryl methyl sites for hydroxylation is 1. The molecule has 7 atom stereocenters. The Labute approximate surface area is 206 Å². The number of epoxide rings is 1. The number of ether oxygens (including phenoxy) is 2. The molecule has 3 heterocycles. The van der Waals surface area contributed by atoms with Crippen LogP contribution in [-0.2, 0) is 19.1 Å². The lowest BCUT2D eigenvalue weighted by molar-refractivity contribution is -0.154. The van der Waals surface area contributed by atoms with E-state index in [1.807, 2.05) is 32.2 Å². The highest BCUT2D eigenvalue weighted by atomic mass is 32.1. The van der Waals surface area contributed by atoms with Crippen LogP contribution in [0, 0.1) is 24.2 Å². The maximum atomic E-state index is 13.2. The van der Waals surface area contributed by atoms with E-state index in [1.54, 1.807) is 32.1 Å². The molecule has 2 aliphatic rings. The molecule has 1 aromatic rings. The van der Waals surface area contributed by atoms with Crippen molar-refractivity contribution in [3.8, 4) is 0 Å². The molecule has 2 N–H and O–H groups in total. The highest BCUT2D eigenvalue weighted by Gasteiger charge is 2.44. The molecule has 2 unspecified atom stereocenters. The Morgan fingerprint density at radius 3 is 2.56 bits per heavy atom. The van der Waals surface area contributed by atoms with Crippen molar-refractivity contribution in [2.45, 2.75) is 104 Å². The maximum absolute atomic E-state index is 13.2. The zero-order valence-electron chi connectivity index (χ0n) is 21.1. The average molecular weight is 494 g/mol. The number of thiazole rings is 1. The second kappa shape index (κ2) is 11.0. The Morgan fingerprint density at radius 1 is 1.21 bits per heavy atom. The van der Waals surface area contributed by atoms with Crippen molar-refractivity contribution in [2.24, 2.45) is 17.3 Å². The fourth-order valence-corrected chi connectivity index (χ4v) is 5.35. The summed E-state index contributed by atoms with van der Waals surface area (Å²) in [5, 5.41) is 24.5. The van der Waals surface area contributed by atoms with Crippen molar-refractivity contribution in [3.05, 3.63) is 21.7 Å². The zero-order chi connectivity index (χ0) is 25.2. The number of hydrogen-bond donors (Lipinski definition) is 2. The molecule has 0 bridgehead atoms. The zero-order valence-corrected chi connectivity index (χ0v) is 21.9. The van der Waals surface area contributed by atoms with Crippen molar-refractivity contribution >= 4 is 29.2 Å². The van der Waals surface area contributed by atoms with Gasteiger partial charge in [0.25, 0.3) is 0 Å². The van der Waals surface area contributed by atoms with E-state index in [1.165, 1.54) is 0 Å². The summed E-state index contributed by atoms with van der Waals surface area (Å²) in [7, 11) is 0. The van der Waals surface area contributed by atoms with Crippen molar-refractivity contribution in [1.82, 2.24) is 4.98 Å². The Hall–Kier alpha value is -1.61. The van der Waals surface area contributed by atoms with E-state index < -0.39 is 35.6 Å². The first-order chi connectivity index (χ1) is 15.9. The van der Waals surface area contributed by atoms with Crippen LogP contribution in [0.5, 0.6) is 0 Å². The fourth-order valence-electron chi connectivity index (χ4n) is 4.78. The maximum Gasteiger partial charge on any atom is 0.309 e. The summed E-state index contributed by atoms with van der Waals surface area (Å²) in [6.07, 6.45) is 2.28. The van der Waals surface area contributed by atoms with E-state index in [-0.39, 0.29) is 30.3 Å². The summed E-state index contributed by atoms with van der Waals surface area (Å²) in [5.41, 5.74) is 0.494. The van der Waals surface area contributed by atoms with E-state index in [9.17, 15) is 19.8 Å². The van der Waals surface area contributed by atoms with E-state index in [0.29, 0.717) is 6.42 Å². The van der Waals surface area contributed by atoms with Crippen LogP contribution < -0.4 is 0 Å². The van der Waals surface area contributed by atoms with Crippen LogP contribution in [0.25, 0.3) is 6.08 Å². The number of hydrogen-bond acceptors (Lipinski definition) is 8. The molecule has 190 valence electrons. The van der Waals surface area contributed by atoms with E-state index in [0.717, 1.165) is 35.5 Å². The van der Waals surface area contributed by atoms with Crippen LogP contribution in [0.4, 0.5) is 0 Å². The molecule has 0 radical (unpaired) electrons. The number of carbonyl (C=O) groups excluding carboxylic acids is 2. The van der Waals surface area contributed by atoms with Gasteiger partial charge in [-0.3, -0.25) is 9.59 Å². The van der Waals surface area contributed by atoms with Crippen LogP contribution in [-0.4, -0.2) is 57.5 Å². The topological polar surface area (TPSA) is 109 Å². The number of rotatable bonds is 2. The van der Waals surface area contributed by atoms with Crippen LogP contribution in [0.1, 0.15) is 77.4 Å². The molecule has 7 nitrogen and oxygen atoms in total. The third kappa shape index (κ3) is 6.53. The first-order valence-electron chi connectivity index (χ1n) is 12.3. The second-order valence-electron chi connectivity index (χ2n) is 10.6. The van der Waals surface area contributed by atoms with E-state index in [2.05, 4.69) is 4.98 Å². The number of carbonyl (C=O) groups is 2. The smallest absolute Gasteiger partial charge is 0.309 e. The Morgan fingerprint density at radius 2 is 1.91 bits per heavy atom. The lowest BCUT2D eigenvalue weighted by Gasteiger charge is -2.34. The predicted molar refractivity (Wildman–Crippen MR) is 131 cm³/mol. The number of esters is 1. The normalized spacial score (nSPS) is 36.0. The number of aromatic nitrogens is 1. The molecule has 1 aromatic heterocycles. The van der Waals surface area contributed by atoms with Crippen LogP contribution in [0.3, 0.4) is 0 Å².